The third-order valence-electron chi connectivity index (χ3n) is 1.91. The van der Waals surface area contributed by atoms with Crippen molar-refractivity contribution in [3.8, 4) is 0 Å². The molecule has 0 radical (unpaired) electrons. The topological polar surface area (TPSA) is 42.0 Å². The highest BCUT2D eigenvalue weighted by atomic mass is 32.1. The first-order valence-corrected chi connectivity index (χ1v) is 5.81. The highest BCUT2D eigenvalue weighted by Crippen LogP contribution is 2.03. The van der Waals surface area contributed by atoms with Crippen LogP contribution in [0.5, 0.6) is 0 Å². The monoisotopic (exact) mass is 212 g/mol. The third-order valence-corrected chi connectivity index (χ3v) is 2.50. The second-order valence-electron chi connectivity index (χ2n) is 3.67. The van der Waals surface area contributed by atoms with Gasteiger partial charge in [0.15, 0.2) is 0 Å². The van der Waals surface area contributed by atoms with Crippen LogP contribution in [0.15, 0.2) is 10.9 Å². The molecule has 0 bridgehead atoms. The maximum absolute atomic E-state index is 11.4. The van der Waals surface area contributed by atoms with Crippen molar-refractivity contribution in [1.82, 2.24) is 10.3 Å². The van der Waals surface area contributed by atoms with Crippen molar-refractivity contribution in [2.75, 3.05) is 6.54 Å². The molecule has 4 heteroatoms. The maximum atomic E-state index is 11.4. The standard InChI is InChI=1S/C10H16N2OS/c1-8(2)4-3-5-11-10(13)9-6-14-7-12-9/h6-8H,3-5H2,1-2H3,(H,11,13). The minimum Gasteiger partial charge on any atom is -0.351 e. The average molecular weight is 212 g/mol. The van der Waals surface area contributed by atoms with Gasteiger partial charge in [-0.15, -0.1) is 11.3 Å². The maximum Gasteiger partial charge on any atom is 0.270 e. The molecule has 0 saturated carbocycles. The van der Waals surface area contributed by atoms with E-state index >= 15 is 0 Å². The van der Waals surface area contributed by atoms with Crippen molar-refractivity contribution in [2.24, 2.45) is 5.92 Å². The highest BCUT2D eigenvalue weighted by molar-refractivity contribution is 7.07. The van der Waals surface area contributed by atoms with Gasteiger partial charge >= 0.3 is 0 Å². The van der Waals surface area contributed by atoms with E-state index in [1.54, 1.807) is 10.9 Å². The second kappa shape index (κ2) is 5.75. The van der Waals surface area contributed by atoms with E-state index in [1.807, 2.05) is 0 Å². The largest absolute Gasteiger partial charge is 0.351 e. The van der Waals surface area contributed by atoms with Crippen molar-refractivity contribution in [3.05, 3.63) is 16.6 Å². The number of aromatic nitrogens is 1. The molecule has 78 valence electrons. The number of amides is 1. The molecule has 1 aromatic rings. The second-order valence-corrected chi connectivity index (χ2v) is 4.38. The van der Waals surface area contributed by atoms with Gasteiger partial charge < -0.3 is 5.32 Å². The summed E-state index contributed by atoms with van der Waals surface area (Å²) in [5.41, 5.74) is 2.20. The lowest BCUT2D eigenvalue weighted by Crippen LogP contribution is -2.24. The van der Waals surface area contributed by atoms with Gasteiger partial charge in [-0.1, -0.05) is 13.8 Å². The minimum atomic E-state index is -0.0602. The van der Waals surface area contributed by atoms with Crippen molar-refractivity contribution < 1.29 is 4.79 Å². The molecule has 1 aromatic heterocycles. The molecular formula is C10H16N2OS. The molecule has 14 heavy (non-hydrogen) atoms. The molecule has 1 N–H and O–H groups in total. The fourth-order valence-corrected chi connectivity index (χ4v) is 1.66. The fourth-order valence-electron chi connectivity index (χ4n) is 1.13. The molecule has 0 aliphatic rings. The van der Waals surface area contributed by atoms with E-state index < -0.39 is 0 Å². The van der Waals surface area contributed by atoms with E-state index in [1.165, 1.54) is 11.3 Å². The number of rotatable bonds is 5. The minimum absolute atomic E-state index is 0.0602. The van der Waals surface area contributed by atoms with E-state index in [9.17, 15) is 4.79 Å². The Bertz CT molecular complexity index is 270. The first kappa shape index (κ1) is 11.2. The fraction of sp³-hybridized carbons (Fsp3) is 0.600. The molecular weight excluding hydrogens is 196 g/mol. The molecule has 0 aliphatic heterocycles. The molecule has 0 unspecified atom stereocenters. The Kier molecular flexibility index (Phi) is 4.59. The predicted molar refractivity (Wildman–Crippen MR) is 58.5 cm³/mol. The van der Waals surface area contributed by atoms with Gasteiger partial charge in [-0.05, 0) is 18.8 Å². The van der Waals surface area contributed by atoms with Gasteiger partial charge in [0.2, 0.25) is 0 Å². The Morgan fingerprint density at radius 1 is 1.64 bits per heavy atom. The number of hydrogen-bond donors (Lipinski definition) is 1. The molecule has 1 amide bonds. The Morgan fingerprint density at radius 3 is 3.00 bits per heavy atom. The molecule has 3 nitrogen and oxygen atoms in total. The van der Waals surface area contributed by atoms with Crippen LogP contribution in [0.4, 0.5) is 0 Å². The van der Waals surface area contributed by atoms with Gasteiger partial charge in [0, 0.05) is 11.9 Å². The van der Waals surface area contributed by atoms with Crippen LogP contribution in [0.1, 0.15) is 37.2 Å². The summed E-state index contributed by atoms with van der Waals surface area (Å²) in [7, 11) is 0. The summed E-state index contributed by atoms with van der Waals surface area (Å²) >= 11 is 1.44. The van der Waals surface area contributed by atoms with Crippen LogP contribution in [0, 0.1) is 5.92 Å². The summed E-state index contributed by atoms with van der Waals surface area (Å²) in [5, 5.41) is 4.61. The van der Waals surface area contributed by atoms with Crippen molar-refractivity contribution >= 4 is 17.2 Å². The Balaban J connectivity index is 2.16. The average Bonchev–Trinajstić information content (AvgIpc) is 2.64. The number of hydrogen-bond acceptors (Lipinski definition) is 3. The van der Waals surface area contributed by atoms with Crippen molar-refractivity contribution in [3.63, 3.8) is 0 Å². The van der Waals surface area contributed by atoms with Gasteiger partial charge in [0.05, 0.1) is 5.51 Å². The number of nitrogens with one attached hydrogen (secondary N) is 1. The highest BCUT2D eigenvalue weighted by Gasteiger charge is 2.05. The van der Waals surface area contributed by atoms with Crippen molar-refractivity contribution in [1.29, 1.82) is 0 Å². The molecule has 0 atom stereocenters. The zero-order valence-electron chi connectivity index (χ0n) is 8.62. The molecule has 0 aromatic carbocycles. The van der Waals surface area contributed by atoms with Crippen LogP contribution < -0.4 is 5.32 Å². The van der Waals surface area contributed by atoms with Crippen LogP contribution in [0.25, 0.3) is 0 Å². The van der Waals surface area contributed by atoms with E-state index in [0.29, 0.717) is 11.6 Å². The summed E-state index contributed by atoms with van der Waals surface area (Å²) in [5.74, 6) is 0.640. The van der Waals surface area contributed by atoms with Crippen LogP contribution in [-0.2, 0) is 0 Å². The van der Waals surface area contributed by atoms with Crippen LogP contribution in [-0.4, -0.2) is 17.4 Å². The molecule has 0 fully saturated rings. The van der Waals surface area contributed by atoms with E-state index in [4.69, 9.17) is 0 Å². The lowest BCUT2D eigenvalue weighted by molar-refractivity contribution is 0.0948. The summed E-state index contributed by atoms with van der Waals surface area (Å²) in [4.78, 5) is 15.3. The molecule has 0 aliphatic carbocycles. The summed E-state index contributed by atoms with van der Waals surface area (Å²) in [6, 6.07) is 0. The SMILES string of the molecule is CC(C)CCCNC(=O)c1cscn1. The van der Waals surface area contributed by atoms with Gasteiger partial charge in [-0.3, -0.25) is 4.79 Å². The summed E-state index contributed by atoms with van der Waals surface area (Å²) < 4.78 is 0. The number of carbonyl (C=O) groups excluding carboxylic acids is 1. The Labute approximate surface area is 88.6 Å². The van der Waals surface area contributed by atoms with E-state index in [2.05, 4.69) is 24.1 Å². The van der Waals surface area contributed by atoms with Gasteiger partial charge in [-0.2, -0.15) is 0 Å². The first-order valence-electron chi connectivity index (χ1n) is 4.86. The van der Waals surface area contributed by atoms with E-state index in [-0.39, 0.29) is 5.91 Å². The summed E-state index contributed by atoms with van der Waals surface area (Å²) in [6.07, 6.45) is 2.19. The quantitative estimate of drug-likeness (QED) is 0.761. The van der Waals surface area contributed by atoms with Crippen LogP contribution in [0.3, 0.4) is 0 Å². The number of thiazole rings is 1. The molecule has 0 saturated heterocycles. The zero-order chi connectivity index (χ0) is 10.4. The van der Waals surface area contributed by atoms with E-state index in [0.717, 1.165) is 19.4 Å². The van der Waals surface area contributed by atoms with Gasteiger partial charge in [0.1, 0.15) is 5.69 Å². The van der Waals surface area contributed by atoms with Crippen molar-refractivity contribution in [2.45, 2.75) is 26.7 Å². The smallest absolute Gasteiger partial charge is 0.270 e. The Morgan fingerprint density at radius 2 is 2.43 bits per heavy atom. The van der Waals surface area contributed by atoms with Gasteiger partial charge in [0.25, 0.3) is 5.91 Å². The molecule has 1 heterocycles. The lowest BCUT2D eigenvalue weighted by atomic mass is 10.1. The first-order chi connectivity index (χ1) is 6.70. The normalized spacial score (nSPS) is 10.5. The number of carbonyl (C=O) groups is 1. The summed E-state index contributed by atoms with van der Waals surface area (Å²) in [6.45, 7) is 5.11. The Hall–Kier alpha value is -0.900. The molecule has 1 rings (SSSR count). The predicted octanol–water partition coefficient (Wildman–Crippen LogP) is 2.31. The number of nitrogens with zero attached hydrogens (tertiary/aromatic N) is 1. The third kappa shape index (κ3) is 3.87. The molecule has 0 spiro atoms. The van der Waals surface area contributed by atoms with Crippen LogP contribution >= 0.6 is 11.3 Å². The van der Waals surface area contributed by atoms with Crippen LogP contribution in [0.2, 0.25) is 0 Å². The lowest BCUT2D eigenvalue weighted by Gasteiger charge is -2.05. The zero-order valence-corrected chi connectivity index (χ0v) is 9.43. The van der Waals surface area contributed by atoms with Gasteiger partial charge in [-0.25, -0.2) is 4.98 Å².